The summed E-state index contributed by atoms with van der Waals surface area (Å²) < 4.78 is 0. The van der Waals surface area contributed by atoms with Crippen molar-refractivity contribution in [3.63, 3.8) is 0 Å². The highest BCUT2D eigenvalue weighted by Crippen LogP contribution is 2.22. The van der Waals surface area contributed by atoms with E-state index in [1.165, 1.54) is 0 Å². The van der Waals surface area contributed by atoms with Crippen molar-refractivity contribution >= 4 is 18.5 Å². The molecule has 2 N–H and O–H groups in total. The topological polar surface area (TPSA) is 49.3 Å². The van der Waals surface area contributed by atoms with Gasteiger partial charge in [0.15, 0.2) is 0 Å². The second-order valence-corrected chi connectivity index (χ2v) is 5.97. The van der Waals surface area contributed by atoms with Crippen LogP contribution in [0.4, 0.5) is 0 Å². The van der Waals surface area contributed by atoms with E-state index in [-0.39, 0.29) is 24.0 Å². The molecule has 4 heteroatoms. The molecule has 1 aromatic carbocycles. The van der Waals surface area contributed by atoms with Crippen molar-refractivity contribution in [3.05, 3.63) is 29.8 Å². The highest BCUT2D eigenvalue weighted by molar-refractivity contribution is 7.80. The van der Waals surface area contributed by atoms with Crippen LogP contribution in [0.25, 0.3) is 0 Å². The molecule has 0 saturated heterocycles. The van der Waals surface area contributed by atoms with Gasteiger partial charge in [-0.3, -0.25) is 4.79 Å². The zero-order valence-electron chi connectivity index (χ0n) is 11.1. The van der Waals surface area contributed by atoms with Crippen molar-refractivity contribution in [1.82, 2.24) is 5.32 Å². The van der Waals surface area contributed by atoms with Crippen molar-refractivity contribution < 1.29 is 9.90 Å². The quantitative estimate of drug-likeness (QED) is 0.734. The Hall–Kier alpha value is -1.00. The first-order chi connectivity index (χ1) is 8.34. The molecule has 18 heavy (non-hydrogen) atoms. The van der Waals surface area contributed by atoms with Gasteiger partial charge in [-0.1, -0.05) is 26.8 Å². The second-order valence-electron chi connectivity index (χ2n) is 5.45. The van der Waals surface area contributed by atoms with E-state index >= 15 is 0 Å². The summed E-state index contributed by atoms with van der Waals surface area (Å²) in [6.07, 6.45) is 0.551. The molecule has 1 rings (SSSR count). The fraction of sp³-hybridized carbons (Fsp3) is 0.500. The maximum absolute atomic E-state index is 12.1. The van der Waals surface area contributed by atoms with Crippen molar-refractivity contribution in [3.8, 4) is 0 Å². The van der Waals surface area contributed by atoms with Gasteiger partial charge in [0.25, 0.3) is 5.91 Å². The molecule has 1 atom stereocenters. The molecule has 0 bridgehead atoms. The monoisotopic (exact) mass is 267 g/mol. The Bertz CT molecular complexity index is 413. The van der Waals surface area contributed by atoms with Gasteiger partial charge < -0.3 is 10.4 Å². The predicted molar refractivity (Wildman–Crippen MR) is 76.1 cm³/mol. The molecule has 0 saturated carbocycles. The number of hydrogen-bond donors (Lipinski definition) is 3. The van der Waals surface area contributed by atoms with Gasteiger partial charge in [-0.25, -0.2) is 0 Å². The molecule has 0 aromatic heterocycles. The Kier molecular flexibility index (Phi) is 5.23. The molecule has 1 aromatic rings. The van der Waals surface area contributed by atoms with Gasteiger partial charge in [0.2, 0.25) is 0 Å². The van der Waals surface area contributed by atoms with Crippen LogP contribution >= 0.6 is 12.6 Å². The summed E-state index contributed by atoms with van der Waals surface area (Å²) in [6, 6.07) is 7.06. The van der Waals surface area contributed by atoms with Gasteiger partial charge in [0.1, 0.15) is 0 Å². The summed E-state index contributed by atoms with van der Waals surface area (Å²) in [5.74, 6) is -0.126. The maximum atomic E-state index is 12.1. The van der Waals surface area contributed by atoms with Gasteiger partial charge in [-0.2, -0.15) is 0 Å². The average Bonchev–Trinajstić information content (AvgIpc) is 2.27. The third-order valence-electron chi connectivity index (χ3n) is 2.88. The smallest absolute Gasteiger partial charge is 0.251 e. The van der Waals surface area contributed by atoms with Gasteiger partial charge in [0.05, 0.1) is 0 Å². The van der Waals surface area contributed by atoms with E-state index in [1.54, 1.807) is 18.2 Å². The van der Waals surface area contributed by atoms with E-state index in [0.717, 1.165) is 4.90 Å². The van der Waals surface area contributed by atoms with Crippen molar-refractivity contribution in [2.75, 3.05) is 6.61 Å². The summed E-state index contributed by atoms with van der Waals surface area (Å²) in [5, 5.41) is 12.0. The summed E-state index contributed by atoms with van der Waals surface area (Å²) in [7, 11) is 0. The molecular weight excluding hydrogens is 246 g/mol. The molecule has 1 amide bonds. The van der Waals surface area contributed by atoms with Gasteiger partial charge in [-0.05, 0) is 30.0 Å². The number of hydrogen-bond acceptors (Lipinski definition) is 3. The second kappa shape index (κ2) is 6.25. The Morgan fingerprint density at radius 1 is 1.44 bits per heavy atom. The molecule has 0 fully saturated rings. The highest BCUT2D eigenvalue weighted by atomic mass is 32.1. The van der Waals surface area contributed by atoms with Crippen LogP contribution in [0.1, 0.15) is 37.6 Å². The van der Waals surface area contributed by atoms with Gasteiger partial charge in [-0.15, -0.1) is 12.6 Å². The van der Waals surface area contributed by atoms with E-state index < -0.39 is 0 Å². The van der Waals surface area contributed by atoms with Crippen molar-refractivity contribution in [1.29, 1.82) is 0 Å². The minimum absolute atomic E-state index is 0.0569. The number of aliphatic hydroxyl groups is 1. The Morgan fingerprint density at radius 3 is 2.61 bits per heavy atom. The fourth-order valence-electron chi connectivity index (χ4n) is 1.74. The number of amides is 1. The third-order valence-corrected chi connectivity index (χ3v) is 3.15. The Labute approximate surface area is 114 Å². The zero-order valence-corrected chi connectivity index (χ0v) is 12.0. The Balaban J connectivity index is 2.79. The molecule has 0 heterocycles. The van der Waals surface area contributed by atoms with Crippen molar-refractivity contribution in [2.45, 2.75) is 38.1 Å². The average molecular weight is 267 g/mol. The summed E-state index contributed by atoms with van der Waals surface area (Å²) in [5.41, 5.74) is 0.506. The van der Waals surface area contributed by atoms with E-state index in [2.05, 4.69) is 17.9 Å². The first-order valence-electron chi connectivity index (χ1n) is 6.05. The lowest BCUT2D eigenvalue weighted by atomic mass is 9.85. The number of carbonyl (C=O) groups is 1. The van der Waals surface area contributed by atoms with Crippen molar-refractivity contribution in [2.24, 2.45) is 5.41 Å². The minimum Gasteiger partial charge on any atom is -0.396 e. The number of nitrogens with one attached hydrogen (secondary N) is 1. The molecule has 0 radical (unpaired) electrons. The van der Waals surface area contributed by atoms with E-state index in [0.29, 0.717) is 12.0 Å². The fourth-order valence-corrected chi connectivity index (χ4v) is 1.96. The molecule has 0 aliphatic heterocycles. The van der Waals surface area contributed by atoms with Crippen LogP contribution in [-0.4, -0.2) is 23.7 Å². The lowest BCUT2D eigenvalue weighted by Crippen LogP contribution is -2.44. The normalized spacial score (nSPS) is 13.2. The SMILES string of the molecule is CC(C)(C)C(CCO)NC(=O)c1cccc(S)c1. The van der Waals surface area contributed by atoms with Crippen LogP contribution in [0.3, 0.4) is 0 Å². The van der Waals surface area contributed by atoms with Crippen LogP contribution in [0.15, 0.2) is 29.2 Å². The molecule has 3 nitrogen and oxygen atoms in total. The van der Waals surface area contributed by atoms with Crippen LogP contribution in [0.2, 0.25) is 0 Å². The summed E-state index contributed by atoms with van der Waals surface area (Å²) in [4.78, 5) is 12.9. The van der Waals surface area contributed by atoms with Crippen LogP contribution in [-0.2, 0) is 0 Å². The molecule has 0 spiro atoms. The van der Waals surface area contributed by atoms with E-state index in [4.69, 9.17) is 5.11 Å². The van der Waals surface area contributed by atoms with Crippen LogP contribution in [0, 0.1) is 5.41 Å². The van der Waals surface area contributed by atoms with Gasteiger partial charge >= 0.3 is 0 Å². The molecular formula is C14H21NO2S. The number of benzene rings is 1. The lowest BCUT2D eigenvalue weighted by Gasteiger charge is -2.31. The van der Waals surface area contributed by atoms with E-state index in [1.807, 2.05) is 26.8 Å². The van der Waals surface area contributed by atoms with Crippen LogP contribution in [0.5, 0.6) is 0 Å². The number of aliphatic hydroxyl groups excluding tert-OH is 1. The first-order valence-corrected chi connectivity index (χ1v) is 6.50. The van der Waals surface area contributed by atoms with Gasteiger partial charge in [0, 0.05) is 23.1 Å². The molecule has 0 aliphatic rings. The number of carbonyl (C=O) groups excluding carboxylic acids is 1. The third kappa shape index (κ3) is 4.35. The van der Waals surface area contributed by atoms with Crippen LogP contribution < -0.4 is 5.32 Å². The zero-order chi connectivity index (χ0) is 13.8. The Morgan fingerprint density at radius 2 is 2.11 bits per heavy atom. The summed E-state index contributed by atoms with van der Waals surface area (Å²) >= 11 is 4.22. The molecule has 0 aliphatic carbocycles. The molecule has 100 valence electrons. The minimum atomic E-state index is -0.126. The molecule has 1 unspecified atom stereocenters. The number of rotatable bonds is 4. The highest BCUT2D eigenvalue weighted by Gasteiger charge is 2.25. The first kappa shape index (κ1) is 15.1. The number of thiol groups is 1. The lowest BCUT2D eigenvalue weighted by molar-refractivity contribution is 0.0885. The largest absolute Gasteiger partial charge is 0.396 e. The maximum Gasteiger partial charge on any atom is 0.251 e. The predicted octanol–water partition coefficient (Wildman–Crippen LogP) is 2.50. The standard InChI is InChI=1S/C14H21NO2S/c1-14(2,3)12(7-8-16)15-13(17)10-5-4-6-11(18)9-10/h4-6,9,12,16,18H,7-8H2,1-3H3,(H,15,17). The van der Waals surface area contributed by atoms with E-state index in [9.17, 15) is 4.79 Å². The summed E-state index contributed by atoms with van der Waals surface area (Å²) in [6.45, 7) is 6.20.